The highest BCUT2D eigenvalue weighted by Crippen LogP contribution is 2.38. The van der Waals surface area contributed by atoms with E-state index in [2.05, 4.69) is 36.3 Å². The van der Waals surface area contributed by atoms with Crippen LogP contribution in [0.15, 0.2) is 0 Å². The molecule has 2 rings (SSSR count). The topological polar surface area (TPSA) is 18.5 Å². The molecule has 2 fully saturated rings. The second-order valence-corrected chi connectivity index (χ2v) is 6.71. The molecule has 0 unspecified atom stereocenters. The molecule has 0 aromatic carbocycles. The Labute approximate surface area is 113 Å². The fourth-order valence-electron chi connectivity index (χ4n) is 3.96. The quantitative estimate of drug-likeness (QED) is 0.806. The standard InChI is InChI=1S/C15H31N3/c1-16-12-15(8-4-5-9-15)13-18-10-6-14(7-11-18)17(2)3/h14,16H,4-13H2,1-3H3. The number of nitrogens with zero attached hydrogens (tertiary/aromatic N) is 2. The number of piperidine rings is 1. The molecule has 0 amide bonds. The van der Waals surface area contributed by atoms with Crippen LogP contribution in [0.5, 0.6) is 0 Å². The van der Waals surface area contributed by atoms with Crippen molar-refractivity contribution in [3.63, 3.8) is 0 Å². The van der Waals surface area contributed by atoms with E-state index in [1.54, 1.807) is 0 Å². The molecule has 2 aliphatic rings. The average molecular weight is 253 g/mol. The van der Waals surface area contributed by atoms with Gasteiger partial charge < -0.3 is 15.1 Å². The summed E-state index contributed by atoms with van der Waals surface area (Å²) in [5.74, 6) is 0. The van der Waals surface area contributed by atoms with Gasteiger partial charge in [-0.1, -0.05) is 12.8 Å². The lowest BCUT2D eigenvalue weighted by atomic mass is 9.84. The van der Waals surface area contributed by atoms with Crippen LogP contribution < -0.4 is 5.32 Å². The van der Waals surface area contributed by atoms with Gasteiger partial charge in [-0.3, -0.25) is 0 Å². The lowest BCUT2D eigenvalue weighted by Gasteiger charge is -2.40. The highest BCUT2D eigenvalue weighted by Gasteiger charge is 2.35. The van der Waals surface area contributed by atoms with Crippen LogP contribution in [0.4, 0.5) is 0 Å². The number of likely N-dealkylation sites (tertiary alicyclic amines) is 1. The first kappa shape index (κ1) is 14.3. The molecule has 106 valence electrons. The molecule has 0 spiro atoms. The monoisotopic (exact) mass is 253 g/mol. The summed E-state index contributed by atoms with van der Waals surface area (Å²) in [4.78, 5) is 5.12. The summed E-state index contributed by atoms with van der Waals surface area (Å²) in [6, 6.07) is 0.810. The molecule has 0 aromatic rings. The fraction of sp³-hybridized carbons (Fsp3) is 1.00. The van der Waals surface area contributed by atoms with Crippen molar-refractivity contribution in [1.82, 2.24) is 15.1 Å². The van der Waals surface area contributed by atoms with Crippen molar-refractivity contribution in [2.75, 3.05) is 47.3 Å². The molecule has 1 aliphatic heterocycles. The summed E-state index contributed by atoms with van der Waals surface area (Å²) in [5.41, 5.74) is 0.583. The number of hydrogen-bond donors (Lipinski definition) is 1. The smallest absolute Gasteiger partial charge is 0.0113 e. The number of rotatable bonds is 5. The van der Waals surface area contributed by atoms with E-state index in [1.807, 2.05) is 0 Å². The predicted molar refractivity (Wildman–Crippen MR) is 78.0 cm³/mol. The number of nitrogens with one attached hydrogen (secondary N) is 1. The normalized spacial score (nSPS) is 26.0. The summed E-state index contributed by atoms with van der Waals surface area (Å²) in [6.45, 7) is 5.14. The molecule has 0 atom stereocenters. The van der Waals surface area contributed by atoms with Crippen molar-refractivity contribution < 1.29 is 0 Å². The molecule has 1 heterocycles. The van der Waals surface area contributed by atoms with Crippen molar-refractivity contribution >= 4 is 0 Å². The van der Waals surface area contributed by atoms with Crippen LogP contribution in [0.2, 0.25) is 0 Å². The van der Waals surface area contributed by atoms with Crippen molar-refractivity contribution in [2.24, 2.45) is 5.41 Å². The zero-order valence-electron chi connectivity index (χ0n) is 12.5. The highest BCUT2D eigenvalue weighted by atomic mass is 15.2. The molecule has 0 bridgehead atoms. The van der Waals surface area contributed by atoms with Gasteiger partial charge in [-0.2, -0.15) is 0 Å². The molecule has 1 N–H and O–H groups in total. The van der Waals surface area contributed by atoms with E-state index in [0.29, 0.717) is 5.41 Å². The van der Waals surface area contributed by atoms with Gasteiger partial charge in [0.25, 0.3) is 0 Å². The van der Waals surface area contributed by atoms with Gasteiger partial charge in [-0.05, 0) is 65.3 Å². The fourth-order valence-corrected chi connectivity index (χ4v) is 3.96. The van der Waals surface area contributed by atoms with E-state index in [9.17, 15) is 0 Å². The van der Waals surface area contributed by atoms with Gasteiger partial charge in [0.2, 0.25) is 0 Å². The summed E-state index contributed by atoms with van der Waals surface area (Å²) >= 11 is 0. The minimum Gasteiger partial charge on any atom is -0.319 e. The lowest BCUT2D eigenvalue weighted by Crippen LogP contribution is -2.47. The van der Waals surface area contributed by atoms with Gasteiger partial charge in [0.15, 0.2) is 0 Å². The predicted octanol–water partition coefficient (Wildman–Crippen LogP) is 1.79. The molecule has 1 saturated heterocycles. The first-order valence-corrected chi connectivity index (χ1v) is 7.69. The minimum absolute atomic E-state index is 0.583. The van der Waals surface area contributed by atoms with E-state index >= 15 is 0 Å². The van der Waals surface area contributed by atoms with Crippen LogP contribution in [0.1, 0.15) is 38.5 Å². The lowest BCUT2D eigenvalue weighted by molar-refractivity contribution is 0.0956. The first-order valence-electron chi connectivity index (χ1n) is 7.69. The third-order valence-corrected chi connectivity index (χ3v) is 5.06. The van der Waals surface area contributed by atoms with Gasteiger partial charge in [-0.25, -0.2) is 0 Å². The Kier molecular flexibility index (Phi) is 5.05. The Balaban J connectivity index is 1.82. The Morgan fingerprint density at radius 2 is 1.78 bits per heavy atom. The maximum atomic E-state index is 3.43. The van der Waals surface area contributed by atoms with E-state index in [-0.39, 0.29) is 0 Å². The van der Waals surface area contributed by atoms with Crippen molar-refractivity contribution in [2.45, 2.75) is 44.6 Å². The van der Waals surface area contributed by atoms with E-state index in [0.717, 1.165) is 6.04 Å². The molecular weight excluding hydrogens is 222 g/mol. The molecule has 0 radical (unpaired) electrons. The van der Waals surface area contributed by atoms with Crippen LogP contribution in [-0.2, 0) is 0 Å². The van der Waals surface area contributed by atoms with Crippen molar-refractivity contribution in [3.05, 3.63) is 0 Å². The van der Waals surface area contributed by atoms with E-state index < -0.39 is 0 Å². The Morgan fingerprint density at radius 1 is 1.17 bits per heavy atom. The van der Waals surface area contributed by atoms with Gasteiger partial charge in [0.1, 0.15) is 0 Å². The average Bonchev–Trinajstić information content (AvgIpc) is 2.79. The zero-order chi connectivity index (χ0) is 13.0. The molecule has 3 heteroatoms. The summed E-state index contributed by atoms with van der Waals surface area (Å²) in [5, 5.41) is 3.43. The molecule has 3 nitrogen and oxygen atoms in total. The van der Waals surface area contributed by atoms with Crippen LogP contribution in [-0.4, -0.2) is 63.2 Å². The van der Waals surface area contributed by atoms with Gasteiger partial charge in [0, 0.05) is 19.1 Å². The van der Waals surface area contributed by atoms with Gasteiger partial charge in [-0.15, -0.1) is 0 Å². The maximum Gasteiger partial charge on any atom is 0.0113 e. The largest absolute Gasteiger partial charge is 0.319 e. The van der Waals surface area contributed by atoms with Crippen LogP contribution >= 0.6 is 0 Å². The molecular formula is C15H31N3. The van der Waals surface area contributed by atoms with Crippen LogP contribution in [0.25, 0.3) is 0 Å². The van der Waals surface area contributed by atoms with E-state index in [1.165, 1.54) is 64.7 Å². The molecule has 1 aliphatic carbocycles. The van der Waals surface area contributed by atoms with Crippen LogP contribution in [0.3, 0.4) is 0 Å². The summed E-state index contributed by atoms with van der Waals surface area (Å²) in [6.07, 6.45) is 8.44. The molecule has 1 saturated carbocycles. The Morgan fingerprint density at radius 3 is 2.28 bits per heavy atom. The van der Waals surface area contributed by atoms with Crippen molar-refractivity contribution in [1.29, 1.82) is 0 Å². The SMILES string of the molecule is CNCC1(CN2CCC(N(C)C)CC2)CCCC1. The number of hydrogen-bond acceptors (Lipinski definition) is 3. The second-order valence-electron chi connectivity index (χ2n) is 6.71. The zero-order valence-corrected chi connectivity index (χ0v) is 12.5. The van der Waals surface area contributed by atoms with Gasteiger partial charge in [0.05, 0.1) is 0 Å². The summed E-state index contributed by atoms with van der Waals surface area (Å²) < 4.78 is 0. The Bertz CT molecular complexity index is 238. The highest BCUT2D eigenvalue weighted by molar-refractivity contribution is 4.90. The second kappa shape index (κ2) is 6.36. The minimum atomic E-state index is 0.583. The Hall–Kier alpha value is -0.120. The van der Waals surface area contributed by atoms with Gasteiger partial charge >= 0.3 is 0 Å². The van der Waals surface area contributed by atoms with E-state index in [4.69, 9.17) is 0 Å². The van der Waals surface area contributed by atoms with Crippen LogP contribution in [0, 0.1) is 5.41 Å². The molecule has 18 heavy (non-hydrogen) atoms. The third kappa shape index (κ3) is 3.46. The maximum absolute atomic E-state index is 3.43. The molecule has 0 aromatic heterocycles. The first-order chi connectivity index (χ1) is 8.65. The third-order valence-electron chi connectivity index (χ3n) is 5.06. The van der Waals surface area contributed by atoms with Crippen molar-refractivity contribution in [3.8, 4) is 0 Å². The summed E-state index contributed by atoms with van der Waals surface area (Å²) in [7, 11) is 6.55.